The first-order valence-electron chi connectivity index (χ1n) is 10.2. The zero-order valence-electron chi connectivity index (χ0n) is 16.9. The van der Waals surface area contributed by atoms with Crippen LogP contribution >= 0.6 is 0 Å². The maximum Gasteiger partial charge on any atom is 0.345 e. The first-order valence-corrected chi connectivity index (χ1v) is 11.7. The molecular formula is C18H28N6O4S. The Balaban J connectivity index is 1.37. The molecular weight excluding hydrogens is 396 g/mol. The maximum atomic E-state index is 12.8. The lowest BCUT2D eigenvalue weighted by Crippen LogP contribution is -2.50. The number of piperidine rings is 1. The number of rotatable bonds is 6. The van der Waals surface area contributed by atoms with Crippen LogP contribution in [0.4, 0.5) is 0 Å². The Morgan fingerprint density at radius 3 is 2.79 bits per heavy atom. The summed E-state index contributed by atoms with van der Waals surface area (Å²) in [5.74, 6) is 1.18. The van der Waals surface area contributed by atoms with Crippen molar-refractivity contribution in [3.8, 4) is 0 Å². The summed E-state index contributed by atoms with van der Waals surface area (Å²) in [6.45, 7) is 6.65. The molecule has 2 aromatic rings. The Morgan fingerprint density at radius 1 is 1.24 bits per heavy atom. The third-order valence-electron chi connectivity index (χ3n) is 5.72. The van der Waals surface area contributed by atoms with E-state index in [1.807, 2.05) is 0 Å². The molecule has 2 aliphatic heterocycles. The highest BCUT2D eigenvalue weighted by Crippen LogP contribution is 2.24. The van der Waals surface area contributed by atoms with Crippen LogP contribution in [-0.2, 0) is 34.1 Å². The molecule has 0 aromatic carbocycles. The summed E-state index contributed by atoms with van der Waals surface area (Å²) in [6.07, 6.45) is 4.63. The van der Waals surface area contributed by atoms with Gasteiger partial charge in [0.15, 0.2) is 16.2 Å². The number of nitrogens with zero attached hydrogens (tertiary/aromatic N) is 5. The van der Waals surface area contributed by atoms with Crippen LogP contribution < -0.4 is 10.4 Å². The van der Waals surface area contributed by atoms with Crippen molar-refractivity contribution in [1.82, 2.24) is 29.1 Å². The van der Waals surface area contributed by atoms with E-state index in [4.69, 9.17) is 4.52 Å². The van der Waals surface area contributed by atoms with Gasteiger partial charge in [0.1, 0.15) is 11.5 Å². The highest BCUT2D eigenvalue weighted by molar-refractivity contribution is 7.95. The molecule has 1 fully saturated rings. The van der Waals surface area contributed by atoms with E-state index >= 15 is 0 Å². The van der Waals surface area contributed by atoms with E-state index < -0.39 is 10.4 Å². The largest absolute Gasteiger partial charge is 0.593 e. The van der Waals surface area contributed by atoms with Gasteiger partial charge in [-0.05, 0) is 39.2 Å². The standard InChI is InChI=1S/C18H28N6O4S/c1-13-17(14(2)28-20-13)29(26,27)21-15-6-5-8-22(12-15)10-11-24-18(25)23-9-4-3-7-16(23)19-24/h15H,3-12H2,1-2H3,(H-,21,26,27). The second-order valence-corrected chi connectivity index (χ2v) is 9.60. The molecule has 2 aromatic heterocycles. The van der Waals surface area contributed by atoms with Crippen molar-refractivity contribution in [2.75, 3.05) is 19.6 Å². The smallest absolute Gasteiger partial charge is 0.345 e. The van der Waals surface area contributed by atoms with Crippen molar-refractivity contribution in [2.24, 2.45) is 0 Å². The van der Waals surface area contributed by atoms with Crippen molar-refractivity contribution in [2.45, 2.75) is 70.0 Å². The predicted molar refractivity (Wildman–Crippen MR) is 105 cm³/mol. The molecule has 0 aliphatic carbocycles. The normalized spacial score (nSPS) is 22.4. The van der Waals surface area contributed by atoms with E-state index in [9.17, 15) is 13.6 Å². The molecule has 0 amide bonds. The average molecular weight is 425 g/mol. The summed E-state index contributed by atoms with van der Waals surface area (Å²) in [6, 6.07) is -0.186. The number of fused-ring (bicyclic) bond motifs is 1. The first kappa shape index (κ1) is 20.5. The SMILES string of the molecule is Cc1noc(C)c1[S+](=O)([O-])NC1CCCN(CCn2nc3n(c2=O)CCCC3)C1. The predicted octanol–water partition coefficient (Wildman–Crippen LogP) is 0.644. The van der Waals surface area contributed by atoms with Crippen molar-refractivity contribution < 1.29 is 13.3 Å². The summed E-state index contributed by atoms with van der Waals surface area (Å²) in [7, 11) is -3.68. The summed E-state index contributed by atoms with van der Waals surface area (Å²) in [5.41, 5.74) is 0.332. The molecule has 2 unspecified atom stereocenters. The van der Waals surface area contributed by atoms with Gasteiger partial charge in [-0.1, -0.05) is 9.37 Å². The molecule has 160 valence electrons. The lowest BCUT2D eigenvalue weighted by molar-refractivity contribution is 0.191. The van der Waals surface area contributed by atoms with Crippen molar-refractivity contribution >= 4 is 10.4 Å². The zero-order valence-corrected chi connectivity index (χ0v) is 17.7. The monoisotopic (exact) mass is 424 g/mol. The van der Waals surface area contributed by atoms with Gasteiger partial charge in [0.2, 0.25) is 4.90 Å². The molecule has 11 heteroatoms. The third kappa shape index (κ3) is 4.23. The number of hydrogen-bond donors (Lipinski definition) is 1. The van der Waals surface area contributed by atoms with Crippen LogP contribution in [0.5, 0.6) is 0 Å². The van der Waals surface area contributed by atoms with E-state index in [0.717, 1.165) is 51.0 Å². The second-order valence-electron chi connectivity index (χ2n) is 7.95. The fourth-order valence-corrected chi connectivity index (χ4v) is 5.91. The summed E-state index contributed by atoms with van der Waals surface area (Å²) < 4.78 is 36.7. The molecule has 0 saturated carbocycles. The second kappa shape index (κ2) is 8.13. The summed E-state index contributed by atoms with van der Waals surface area (Å²) in [4.78, 5) is 14.8. The van der Waals surface area contributed by atoms with Gasteiger partial charge < -0.3 is 9.08 Å². The van der Waals surface area contributed by atoms with Crippen LogP contribution in [0.3, 0.4) is 0 Å². The number of hydrogen-bond acceptors (Lipinski definition) is 7. The highest BCUT2D eigenvalue weighted by atomic mass is 32.3. The Labute approximate surface area is 170 Å². The quantitative estimate of drug-likeness (QED) is 0.676. The Kier molecular flexibility index (Phi) is 5.74. The minimum Gasteiger partial charge on any atom is -0.593 e. The highest BCUT2D eigenvalue weighted by Gasteiger charge is 2.34. The van der Waals surface area contributed by atoms with E-state index in [0.29, 0.717) is 31.1 Å². The van der Waals surface area contributed by atoms with Crippen LogP contribution in [0.25, 0.3) is 0 Å². The van der Waals surface area contributed by atoms with Gasteiger partial charge in [-0.15, -0.1) is 4.72 Å². The van der Waals surface area contributed by atoms with Gasteiger partial charge in [0.05, 0.1) is 12.6 Å². The Hall–Kier alpha value is -1.82. The van der Waals surface area contributed by atoms with E-state index in [2.05, 4.69) is 19.9 Å². The molecule has 2 aliphatic rings. The molecule has 2 atom stereocenters. The van der Waals surface area contributed by atoms with E-state index in [1.54, 1.807) is 23.1 Å². The van der Waals surface area contributed by atoms with Gasteiger partial charge in [-0.3, -0.25) is 9.47 Å². The number of sulfonamides is 1. The fraction of sp³-hybridized carbons (Fsp3) is 0.722. The van der Waals surface area contributed by atoms with Crippen LogP contribution in [0.15, 0.2) is 14.2 Å². The average Bonchev–Trinajstić information content (AvgIpc) is 3.19. The molecule has 0 spiro atoms. The topological polar surface area (TPSA) is 121 Å². The van der Waals surface area contributed by atoms with Crippen molar-refractivity contribution in [3.63, 3.8) is 0 Å². The van der Waals surface area contributed by atoms with E-state index in [-0.39, 0.29) is 16.6 Å². The van der Waals surface area contributed by atoms with Gasteiger partial charge in [-0.25, -0.2) is 9.48 Å². The van der Waals surface area contributed by atoms with Crippen LogP contribution in [0, 0.1) is 13.8 Å². The summed E-state index contributed by atoms with van der Waals surface area (Å²) in [5, 5.41) is 8.22. The lowest BCUT2D eigenvalue weighted by atomic mass is 10.1. The number of aromatic nitrogens is 4. The molecule has 4 rings (SSSR count). The van der Waals surface area contributed by atoms with Crippen molar-refractivity contribution in [1.29, 1.82) is 0 Å². The Bertz CT molecular complexity index is 960. The molecule has 1 N–H and O–H groups in total. The van der Waals surface area contributed by atoms with Crippen LogP contribution in [0.2, 0.25) is 0 Å². The van der Waals surface area contributed by atoms with Crippen LogP contribution in [0.1, 0.15) is 43.0 Å². The van der Waals surface area contributed by atoms with Gasteiger partial charge in [0.25, 0.3) is 0 Å². The molecule has 0 radical (unpaired) electrons. The van der Waals surface area contributed by atoms with Gasteiger partial charge >= 0.3 is 5.69 Å². The zero-order chi connectivity index (χ0) is 20.6. The number of nitrogens with one attached hydrogen (secondary N) is 1. The fourth-order valence-electron chi connectivity index (χ4n) is 4.32. The lowest BCUT2D eigenvalue weighted by Gasteiger charge is -2.33. The van der Waals surface area contributed by atoms with E-state index in [1.165, 1.54) is 0 Å². The van der Waals surface area contributed by atoms with Gasteiger partial charge in [-0.2, -0.15) is 5.10 Å². The first-order chi connectivity index (χ1) is 13.8. The minimum atomic E-state index is -3.68. The number of aryl methyl sites for hydroxylation is 3. The molecule has 0 bridgehead atoms. The van der Waals surface area contributed by atoms with Gasteiger partial charge in [0, 0.05) is 33.0 Å². The molecule has 10 nitrogen and oxygen atoms in total. The number of likely N-dealkylation sites (tertiary alicyclic amines) is 1. The van der Waals surface area contributed by atoms with Crippen molar-refractivity contribution in [3.05, 3.63) is 27.8 Å². The molecule has 4 heterocycles. The Morgan fingerprint density at radius 2 is 2.07 bits per heavy atom. The summed E-state index contributed by atoms with van der Waals surface area (Å²) >= 11 is 0. The maximum absolute atomic E-state index is 12.8. The molecule has 1 saturated heterocycles. The molecule has 29 heavy (non-hydrogen) atoms. The minimum absolute atomic E-state index is 0.0348. The third-order valence-corrected chi connectivity index (χ3v) is 7.49. The van der Waals surface area contributed by atoms with Crippen LogP contribution in [-0.4, -0.2) is 54.6 Å².